The van der Waals surface area contributed by atoms with Gasteiger partial charge in [0.15, 0.2) is 0 Å². The lowest BCUT2D eigenvalue weighted by molar-refractivity contribution is -0.121. The zero-order chi connectivity index (χ0) is 14.8. The summed E-state index contributed by atoms with van der Waals surface area (Å²) in [5.74, 6) is 0.631. The standard InChI is InChI=1S/C15H13ClN4O/c1-17-14(21)9-20-13-8-18-7-6-12(13)19-15(20)10-2-4-11(16)5-3-10/h2-8H,9H2,1H3,(H,17,21). The molecule has 3 aromatic rings. The maximum Gasteiger partial charge on any atom is 0.239 e. The van der Waals surface area contributed by atoms with E-state index >= 15 is 0 Å². The molecule has 0 spiro atoms. The highest BCUT2D eigenvalue weighted by Gasteiger charge is 2.14. The molecule has 0 aliphatic carbocycles. The van der Waals surface area contributed by atoms with Crippen molar-refractivity contribution in [3.63, 3.8) is 0 Å². The van der Waals surface area contributed by atoms with Gasteiger partial charge in [0.1, 0.15) is 12.4 Å². The van der Waals surface area contributed by atoms with E-state index in [1.54, 1.807) is 31.6 Å². The monoisotopic (exact) mass is 300 g/mol. The number of fused-ring (bicyclic) bond motifs is 1. The number of halogens is 1. The van der Waals surface area contributed by atoms with Gasteiger partial charge in [0.05, 0.1) is 17.2 Å². The van der Waals surface area contributed by atoms with Gasteiger partial charge in [0.25, 0.3) is 0 Å². The van der Waals surface area contributed by atoms with E-state index in [0.29, 0.717) is 5.02 Å². The Morgan fingerprint density at radius 3 is 2.76 bits per heavy atom. The number of rotatable bonds is 3. The van der Waals surface area contributed by atoms with Gasteiger partial charge in [-0.05, 0) is 30.3 Å². The SMILES string of the molecule is CNC(=O)Cn1c(-c2ccc(Cl)cc2)nc2ccncc21. The van der Waals surface area contributed by atoms with Gasteiger partial charge in [-0.3, -0.25) is 9.78 Å². The first-order valence-corrected chi connectivity index (χ1v) is 6.83. The molecule has 0 bridgehead atoms. The van der Waals surface area contributed by atoms with Crippen LogP contribution in [0.2, 0.25) is 5.02 Å². The summed E-state index contributed by atoms with van der Waals surface area (Å²) < 4.78 is 1.85. The third-order valence-corrected chi connectivity index (χ3v) is 3.49. The van der Waals surface area contributed by atoms with Crippen molar-refractivity contribution in [1.82, 2.24) is 19.9 Å². The molecule has 6 heteroatoms. The molecule has 0 saturated carbocycles. The molecule has 1 amide bonds. The molecule has 1 N–H and O–H groups in total. The molecule has 21 heavy (non-hydrogen) atoms. The summed E-state index contributed by atoms with van der Waals surface area (Å²) in [5, 5.41) is 3.29. The maximum absolute atomic E-state index is 11.8. The summed E-state index contributed by atoms with van der Waals surface area (Å²) in [6.07, 6.45) is 3.40. The number of aromatic nitrogens is 3. The van der Waals surface area contributed by atoms with Crippen molar-refractivity contribution in [3.05, 3.63) is 47.7 Å². The number of amides is 1. The minimum Gasteiger partial charge on any atom is -0.358 e. The van der Waals surface area contributed by atoms with Gasteiger partial charge < -0.3 is 9.88 Å². The maximum atomic E-state index is 11.8. The summed E-state index contributed by atoms with van der Waals surface area (Å²) in [4.78, 5) is 20.5. The van der Waals surface area contributed by atoms with Gasteiger partial charge in [0.2, 0.25) is 5.91 Å². The lowest BCUT2D eigenvalue weighted by atomic mass is 10.2. The molecule has 2 heterocycles. The average molecular weight is 301 g/mol. The fourth-order valence-electron chi connectivity index (χ4n) is 2.17. The molecule has 0 atom stereocenters. The third-order valence-electron chi connectivity index (χ3n) is 3.23. The van der Waals surface area contributed by atoms with Crippen molar-refractivity contribution in [2.75, 3.05) is 7.05 Å². The normalized spacial score (nSPS) is 10.8. The topological polar surface area (TPSA) is 59.8 Å². The molecule has 106 valence electrons. The Labute approximate surface area is 126 Å². The lowest BCUT2D eigenvalue weighted by Gasteiger charge is -2.08. The van der Waals surface area contributed by atoms with E-state index < -0.39 is 0 Å². The first-order chi connectivity index (χ1) is 10.2. The van der Waals surface area contributed by atoms with Crippen LogP contribution >= 0.6 is 11.6 Å². The summed E-state index contributed by atoms with van der Waals surface area (Å²) in [6, 6.07) is 9.21. The van der Waals surface area contributed by atoms with E-state index in [1.165, 1.54) is 0 Å². The second kappa shape index (κ2) is 5.54. The van der Waals surface area contributed by atoms with Gasteiger partial charge in [-0.1, -0.05) is 11.6 Å². The van der Waals surface area contributed by atoms with E-state index in [-0.39, 0.29) is 12.5 Å². The average Bonchev–Trinajstić information content (AvgIpc) is 2.87. The van der Waals surface area contributed by atoms with Crippen molar-refractivity contribution in [2.45, 2.75) is 6.54 Å². The van der Waals surface area contributed by atoms with E-state index in [4.69, 9.17) is 11.6 Å². The zero-order valence-electron chi connectivity index (χ0n) is 11.4. The lowest BCUT2D eigenvalue weighted by Crippen LogP contribution is -2.23. The number of carbonyl (C=O) groups is 1. The molecule has 0 radical (unpaired) electrons. The molecule has 0 saturated heterocycles. The van der Waals surface area contributed by atoms with Crippen molar-refractivity contribution in [3.8, 4) is 11.4 Å². The van der Waals surface area contributed by atoms with Crippen LogP contribution in [0.15, 0.2) is 42.7 Å². The molecule has 5 nitrogen and oxygen atoms in total. The Morgan fingerprint density at radius 1 is 1.29 bits per heavy atom. The fraction of sp³-hybridized carbons (Fsp3) is 0.133. The number of carbonyl (C=O) groups excluding carboxylic acids is 1. The van der Waals surface area contributed by atoms with Crippen LogP contribution < -0.4 is 5.32 Å². The Balaban J connectivity index is 2.18. The Hall–Kier alpha value is -2.40. The molecule has 0 aliphatic rings. The van der Waals surface area contributed by atoms with E-state index in [2.05, 4.69) is 15.3 Å². The molecule has 0 aliphatic heterocycles. The predicted molar refractivity (Wildman–Crippen MR) is 82.0 cm³/mol. The van der Waals surface area contributed by atoms with Gasteiger partial charge in [0, 0.05) is 23.8 Å². The van der Waals surface area contributed by atoms with Gasteiger partial charge in [-0.15, -0.1) is 0 Å². The van der Waals surface area contributed by atoms with Crippen LogP contribution in [-0.2, 0) is 11.3 Å². The van der Waals surface area contributed by atoms with E-state index in [1.807, 2.05) is 22.8 Å². The number of benzene rings is 1. The van der Waals surface area contributed by atoms with Crippen molar-refractivity contribution in [1.29, 1.82) is 0 Å². The second-order valence-corrected chi connectivity index (χ2v) is 5.00. The Morgan fingerprint density at radius 2 is 2.05 bits per heavy atom. The molecular weight excluding hydrogens is 288 g/mol. The van der Waals surface area contributed by atoms with Crippen LogP contribution in [-0.4, -0.2) is 27.5 Å². The predicted octanol–water partition coefficient (Wildman–Crippen LogP) is 2.50. The highest BCUT2D eigenvalue weighted by Crippen LogP contribution is 2.25. The van der Waals surface area contributed by atoms with Crippen molar-refractivity contribution in [2.24, 2.45) is 0 Å². The zero-order valence-corrected chi connectivity index (χ0v) is 12.1. The summed E-state index contributed by atoms with van der Waals surface area (Å²) in [5.41, 5.74) is 2.53. The van der Waals surface area contributed by atoms with Crippen LogP contribution in [0.25, 0.3) is 22.4 Å². The number of hydrogen-bond acceptors (Lipinski definition) is 3. The number of hydrogen-bond donors (Lipinski definition) is 1. The molecular formula is C15H13ClN4O. The van der Waals surface area contributed by atoms with Crippen molar-refractivity contribution >= 4 is 28.5 Å². The van der Waals surface area contributed by atoms with Crippen molar-refractivity contribution < 1.29 is 4.79 Å². The van der Waals surface area contributed by atoms with Crippen LogP contribution in [0.1, 0.15) is 0 Å². The highest BCUT2D eigenvalue weighted by atomic mass is 35.5. The van der Waals surface area contributed by atoms with E-state index in [9.17, 15) is 4.79 Å². The van der Waals surface area contributed by atoms with Gasteiger partial charge in [-0.25, -0.2) is 4.98 Å². The number of likely N-dealkylation sites (N-methyl/N-ethyl adjacent to an activating group) is 1. The Bertz CT molecular complexity index is 795. The summed E-state index contributed by atoms with van der Waals surface area (Å²) in [7, 11) is 1.61. The third kappa shape index (κ3) is 2.60. The minimum absolute atomic E-state index is 0.0895. The Kier molecular flexibility index (Phi) is 3.58. The minimum atomic E-state index is -0.0895. The summed E-state index contributed by atoms with van der Waals surface area (Å²) in [6.45, 7) is 0.191. The number of nitrogens with zero attached hydrogens (tertiary/aromatic N) is 3. The van der Waals surface area contributed by atoms with Gasteiger partial charge in [-0.2, -0.15) is 0 Å². The first kappa shape index (κ1) is 13.6. The molecule has 2 aromatic heterocycles. The number of imidazole rings is 1. The summed E-state index contributed by atoms with van der Waals surface area (Å²) >= 11 is 5.92. The molecule has 1 aromatic carbocycles. The molecule has 3 rings (SSSR count). The second-order valence-electron chi connectivity index (χ2n) is 4.57. The van der Waals surface area contributed by atoms with Crippen LogP contribution in [0.4, 0.5) is 0 Å². The number of nitrogens with one attached hydrogen (secondary N) is 1. The van der Waals surface area contributed by atoms with Gasteiger partial charge >= 0.3 is 0 Å². The van der Waals surface area contributed by atoms with E-state index in [0.717, 1.165) is 22.4 Å². The first-order valence-electron chi connectivity index (χ1n) is 6.46. The molecule has 0 fully saturated rings. The van der Waals surface area contributed by atoms with Crippen LogP contribution in [0.3, 0.4) is 0 Å². The fourth-order valence-corrected chi connectivity index (χ4v) is 2.30. The quantitative estimate of drug-likeness (QED) is 0.808. The smallest absolute Gasteiger partial charge is 0.239 e. The largest absolute Gasteiger partial charge is 0.358 e. The molecule has 0 unspecified atom stereocenters. The highest BCUT2D eigenvalue weighted by molar-refractivity contribution is 6.30. The number of pyridine rings is 1. The van der Waals surface area contributed by atoms with Crippen LogP contribution in [0, 0.1) is 0 Å². The van der Waals surface area contributed by atoms with Crippen LogP contribution in [0.5, 0.6) is 0 Å².